The van der Waals surface area contributed by atoms with Gasteiger partial charge >= 0.3 is 0 Å². The van der Waals surface area contributed by atoms with Gasteiger partial charge in [0, 0.05) is 17.8 Å². The minimum Gasteiger partial charge on any atom is -0.298 e. The second-order valence-corrected chi connectivity index (χ2v) is 4.23. The Morgan fingerprint density at radius 1 is 1.33 bits per heavy atom. The van der Waals surface area contributed by atoms with Crippen LogP contribution in [-0.2, 0) is 0 Å². The first kappa shape index (κ1) is 12.4. The van der Waals surface area contributed by atoms with Crippen molar-refractivity contribution in [3.63, 3.8) is 0 Å². The molecule has 1 aromatic heterocycles. The van der Waals surface area contributed by atoms with Gasteiger partial charge in [0.15, 0.2) is 17.9 Å². The molecule has 0 aliphatic carbocycles. The van der Waals surface area contributed by atoms with Crippen molar-refractivity contribution in [2.75, 3.05) is 0 Å². The SMILES string of the molecule is CC(C)n1cc(C=O)c(-c2cccc(F)c2F)n1. The Labute approximate surface area is 103 Å². The molecule has 2 rings (SSSR count). The Morgan fingerprint density at radius 2 is 2.06 bits per heavy atom. The maximum absolute atomic E-state index is 13.7. The van der Waals surface area contributed by atoms with Gasteiger partial charge in [0.2, 0.25) is 0 Å². The standard InChI is InChI=1S/C13H12F2N2O/c1-8(2)17-6-9(7-18)13(16-17)10-4-3-5-11(14)12(10)15/h3-8H,1-2H3. The first-order valence-corrected chi connectivity index (χ1v) is 5.53. The van der Waals surface area contributed by atoms with Gasteiger partial charge in [-0.15, -0.1) is 0 Å². The predicted octanol–water partition coefficient (Wildman–Crippen LogP) is 3.22. The van der Waals surface area contributed by atoms with Crippen molar-refractivity contribution in [1.82, 2.24) is 9.78 Å². The average molecular weight is 250 g/mol. The van der Waals surface area contributed by atoms with Gasteiger partial charge in [-0.1, -0.05) is 6.07 Å². The molecule has 1 aromatic carbocycles. The number of benzene rings is 1. The van der Waals surface area contributed by atoms with Crippen LogP contribution in [0.25, 0.3) is 11.3 Å². The molecule has 94 valence electrons. The zero-order valence-electron chi connectivity index (χ0n) is 10.0. The normalized spacial score (nSPS) is 10.9. The van der Waals surface area contributed by atoms with Gasteiger partial charge in [-0.3, -0.25) is 9.48 Å². The van der Waals surface area contributed by atoms with E-state index < -0.39 is 11.6 Å². The second-order valence-electron chi connectivity index (χ2n) is 4.23. The van der Waals surface area contributed by atoms with Gasteiger partial charge in [-0.25, -0.2) is 8.78 Å². The number of hydrogen-bond donors (Lipinski definition) is 0. The lowest BCUT2D eigenvalue weighted by Crippen LogP contribution is -2.01. The molecule has 0 N–H and O–H groups in total. The molecule has 1 heterocycles. The highest BCUT2D eigenvalue weighted by atomic mass is 19.2. The van der Waals surface area contributed by atoms with Gasteiger partial charge in [0.25, 0.3) is 0 Å². The zero-order valence-corrected chi connectivity index (χ0v) is 10.0. The molecular formula is C13H12F2N2O. The van der Waals surface area contributed by atoms with E-state index in [1.54, 1.807) is 4.68 Å². The van der Waals surface area contributed by atoms with Crippen molar-refractivity contribution in [1.29, 1.82) is 0 Å². The topological polar surface area (TPSA) is 34.9 Å². The fourth-order valence-electron chi connectivity index (χ4n) is 1.65. The second kappa shape index (κ2) is 4.68. The fourth-order valence-corrected chi connectivity index (χ4v) is 1.65. The number of aromatic nitrogens is 2. The lowest BCUT2D eigenvalue weighted by molar-refractivity contribution is 0.112. The highest BCUT2D eigenvalue weighted by molar-refractivity contribution is 5.85. The predicted molar refractivity (Wildman–Crippen MR) is 63.4 cm³/mol. The molecule has 5 heteroatoms. The monoisotopic (exact) mass is 250 g/mol. The number of aldehydes is 1. The molecule has 0 bridgehead atoms. The van der Waals surface area contributed by atoms with E-state index in [-0.39, 0.29) is 22.9 Å². The Hall–Kier alpha value is -2.04. The minimum atomic E-state index is -0.991. The molecule has 0 spiro atoms. The van der Waals surface area contributed by atoms with Crippen LogP contribution in [-0.4, -0.2) is 16.1 Å². The minimum absolute atomic E-state index is 0.00324. The zero-order chi connectivity index (χ0) is 13.3. The van der Waals surface area contributed by atoms with Crippen molar-refractivity contribution in [3.05, 3.63) is 41.6 Å². The summed E-state index contributed by atoms with van der Waals surface area (Å²) in [5, 5.41) is 4.13. The van der Waals surface area contributed by atoms with Crippen molar-refractivity contribution < 1.29 is 13.6 Å². The van der Waals surface area contributed by atoms with Crippen LogP contribution >= 0.6 is 0 Å². The maximum Gasteiger partial charge on any atom is 0.168 e. The third-order valence-corrected chi connectivity index (χ3v) is 2.62. The molecule has 0 atom stereocenters. The maximum atomic E-state index is 13.7. The lowest BCUT2D eigenvalue weighted by atomic mass is 10.1. The van der Waals surface area contributed by atoms with Crippen LogP contribution in [0.5, 0.6) is 0 Å². The van der Waals surface area contributed by atoms with Gasteiger partial charge in [-0.2, -0.15) is 5.10 Å². The highest BCUT2D eigenvalue weighted by Gasteiger charge is 2.17. The molecule has 0 amide bonds. The number of halogens is 2. The first-order chi connectivity index (χ1) is 8.54. The molecule has 0 saturated heterocycles. The number of carbonyl (C=O) groups is 1. The number of carbonyl (C=O) groups excluding carboxylic acids is 1. The lowest BCUT2D eigenvalue weighted by Gasteiger charge is -2.04. The van der Waals surface area contributed by atoms with E-state index in [4.69, 9.17) is 0 Å². The van der Waals surface area contributed by atoms with E-state index in [1.165, 1.54) is 18.3 Å². The van der Waals surface area contributed by atoms with Crippen LogP contribution in [0.1, 0.15) is 30.2 Å². The molecule has 18 heavy (non-hydrogen) atoms. The summed E-state index contributed by atoms with van der Waals surface area (Å²) >= 11 is 0. The summed E-state index contributed by atoms with van der Waals surface area (Å²) in [4.78, 5) is 11.0. The Balaban J connectivity index is 2.63. The molecule has 0 aliphatic heterocycles. The molecule has 0 unspecified atom stereocenters. The summed E-state index contributed by atoms with van der Waals surface area (Å²) in [6, 6.07) is 3.85. The summed E-state index contributed by atoms with van der Waals surface area (Å²) in [5.74, 6) is -1.95. The quantitative estimate of drug-likeness (QED) is 0.784. The van der Waals surface area contributed by atoms with Crippen molar-refractivity contribution in [3.8, 4) is 11.3 Å². The highest BCUT2D eigenvalue weighted by Crippen LogP contribution is 2.26. The molecule has 0 radical (unpaired) electrons. The summed E-state index contributed by atoms with van der Waals surface area (Å²) in [6.45, 7) is 3.76. The smallest absolute Gasteiger partial charge is 0.168 e. The summed E-state index contributed by atoms with van der Waals surface area (Å²) < 4.78 is 28.4. The molecule has 0 aliphatic rings. The van der Waals surface area contributed by atoms with Crippen molar-refractivity contribution in [2.24, 2.45) is 0 Å². The molecule has 0 saturated carbocycles. The fraction of sp³-hybridized carbons (Fsp3) is 0.231. The van der Waals surface area contributed by atoms with E-state index in [0.717, 1.165) is 6.07 Å². The van der Waals surface area contributed by atoms with E-state index in [0.29, 0.717) is 6.29 Å². The third-order valence-electron chi connectivity index (χ3n) is 2.62. The Kier molecular flexibility index (Phi) is 3.23. The van der Waals surface area contributed by atoms with Crippen LogP contribution in [0.3, 0.4) is 0 Å². The summed E-state index contributed by atoms with van der Waals surface area (Å²) in [5.41, 5.74) is 0.403. The average Bonchev–Trinajstić information content (AvgIpc) is 2.76. The van der Waals surface area contributed by atoms with Crippen LogP contribution in [0.4, 0.5) is 8.78 Å². The Morgan fingerprint density at radius 3 is 2.67 bits per heavy atom. The van der Waals surface area contributed by atoms with E-state index in [9.17, 15) is 13.6 Å². The molecule has 0 fully saturated rings. The third kappa shape index (κ3) is 2.03. The van der Waals surface area contributed by atoms with E-state index in [1.807, 2.05) is 13.8 Å². The van der Waals surface area contributed by atoms with E-state index in [2.05, 4.69) is 5.10 Å². The summed E-state index contributed by atoms with van der Waals surface area (Å²) in [6.07, 6.45) is 2.11. The molecular weight excluding hydrogens is 238 g/mol. The number of hydrogen-bond acceptors (Lipinski definition) is 2. The molecule has 2 aromatic rings. The van der Waals surface area contributed by atoms with E-state index >= 15 is 0 Å². The van der Waals surface area contributed by atoms with Gasteiger partial charge in [0.1, 0.15) is 5.69 Å². The number of nitrogens with zero attached hydrogens (tertiary/aromatic N) is 2. The number of rotatable bonds is 3. The first-order valence-electron chi connectivity index (χ1n) is 5.53. The largest absolute Gasteiger partial charge is 0.298 e. The van der Waals surface area contributed by atoms with Crippen LogP contribution < -0.4 is 0 Å². The van der Waals surface area contributed by atoms with Gasteiger partial charge < -0.3 is 0 Å². The molecule has 3 nitrogen and oxygen atoms in total. The van der Waals surface area contributed by atoms with Crippen LogP contribution in [0.2, 0.25) is 0 Å². The van der Waals surface area contributed by atoms with Crippen LogP contribution in [0, 0.1) is 11.6 Å². The van der Waals surface area contributed by atoms with Crippen molar-refractivity contribution in [2.45, 2.75) is 19.9 Å². The van der Waals surface area contributed by atoms with Gasteiger partial charge in [-0.05, 0) is 26.0 Å². The van der Waals surface area contributed by atoms with Crippen LogP contribution in [0.15, 0.2) is 24.4 Å². The summed E-state index contributed by atoms with van der Waals surface area (Å²) in [7, 11) is 0. The van der Waals surface area contributed by atoms with Gasteiger partial charge in [0.05, 0.1) is 5.56 Å². The Bertz CT molecular complexity index is 591. The van der Waals surface area contributed by atoms with Crippen molar-refractivity contribution >= 4 is 6.29 Å².